The second-order valence-electron chi connectivity index (χ2n) is 7.36. The van der Waals surface area contributed by atoms with Gasteiger partial charge in [-0.15, -0.1) is 0 Å². The van der Waals surface area contributed by atoms with Gasteiger partial charge in [-0.25, -0.2) is 4.98 Å². The highest BCUT2D eigenvalue weighted by atomic mass is 35.5. The van der Waals surface area contributed by atoms with Crippen LogP contribution >= 0.6 is 23.2 Å². The van der Waals surface area contributed by atoms with E-state index in [2.05, 4.69) is 10.1 Å². The number of aliphatic hydroxyl groups is 1. The molecule has 0 saturated heterocycles. The second-order valence-corrected chi connectivity index (χ2v) is 8.23. The summed E-state index contributed by atoms with van der Waals surface area (Å²) in [6.45, 7) is 0. The van der Waals surface area contributed by atoms with Gasteiger partial charge in [0.05, 0.1) is 23.6 Å². The summed E-state index contributed by atoms with van der Waals surface area (Å²) < 4.78 is 7.43. The van der Waals surface area contributed by atoms with Crippen molar-refractivity contribution in [2.45, 2.75) is 5.60 Å². The molecule has 7 heteroatoms. The van der Waals surface area contributed by atoms with Crippen LogP contribution in [-0.4, -0.2) is 19.8 Å². The van der Waals surface area contributed by atoms with Crippen LogP contribution in [0.1, 0.15) is 16.8 Å². The van der Waals surface area contributed by atoms with Gasteiger partial charge in [0.15, 0.2) is 11.4 Å². The predicted octanol–water partition coefficient (Wildman–Crippen LogP) is 5.82. The first-order valence-electron chi connectivity index (χ1n) is 9.58. The van der Waals surface area contributed by atoms with E-state index in [0.29, 0.717) is 38.1 Å². The van der Waals surface area contributed by atoms with Crippen LogP contribution in [0.15, 0.2) is 83.8 Å². The van der Waals surface area contributed by atoms with E-state index in [1.165, 1.54) is 0 Å². The zero-order valence-electron chi connectivity index (χ0n) is 16.5. The Bertz CT molecular complexity index is 1390. The zero-order chi connectivity index (χ0) is 21.6. The van der Waals surface area contributed by atoms with E-state index in [1.54, 1.807) is 35.3 Å². The molecule has 0 spiro atoms. The molecule has 0 radical (unpaired) electrons. The minimum Gasteiger partial charge on any atom is -0.374 e. The van der Waals surface area contributed by atoms with Gasteiger partial charge in [0.25, 0.3) is 0 Å². The molecule has 0 bridgehead atoms. The monoisotopic (exact) mass is 449 g/mol. The molecule has 0 amide bonds. The standard InChI is InChI=1S/C24H17Cl2N3O2/c1-29-14-27-13-22(29)24(30,16-5-8-18(25)9-6-16)17-7-10-21-20(12-17)23(31-28-21)15-3-2-4-19(26)11-15/h2-14,30H,1H3. The summed E-state index contributed by atoms with van der Waals surface area (Å²) in [4.78, 5) is 4.21. The van der Waals surface area contributed by atoms with Gasteiger partial charge in [-0.1, -0.05) is 58.7 Å². The predicted molar refractivity (Wildman–Crippen MR) is 121 cm³/mol. The SMILES string of the molecule is Cn1cncc1C(O)(c1ccc(Cl)cc1)c1ccc2noc(-c3cccc(Cl)c3)c2c1. The molecule has 3 aromatic carbocycles. The van der Waals surface area contributed by atoms with Gasteiger partial charge < -0.3 is 14.2 Å². The molecular weight excluding hydrogens is 433 g/mol. The minimum atomic E-state index is -1.47. The van der Waals surface area contributed by atoms with Gasteiger partial charge in [0.2, 0.25) is 0 Å². The number of aryl methyl sites for hydroxylation is 1. The van der Waals surface area contributed by atoms with Crippen molar-refractivity contribution in [3.05, 3.63) is 106 Å². The third-order valence-electron chi connectivity index (χ3n) is 5.43. The van der Waals surface area contributed by atoms with Crippen LogP contribution in [0.4, 0.5) is 0 Å². The molecule has 2 heterocycles. The molecule has 1 N–H and O–H groups in total. The van der Waals surface area contributed by atoms with Gasteiger partial charge in [0, 0.05) is 22.7 Å². The molecule has 5 aromatic rings. The zero-order valence-corrected chi connectivity index (χ0v) is 18.0. The van der Waals surface area contributed by atoms with Crippen molar-refractivity contribution in [2.75, 3.05) is 0 Å². The number of nitrogens with zero attached hydrogens (tertiary/aromatic N) is 3. The van der Waals surface area contributed by atoms with Crippen LogP contribution in [0, 0.1) is 0 Å². The topological polar surface area (TPSA) is 64.1 Å². The van der Waals surface area contributed by atoms with Crippen molar-refractivity contribution in [2.24, 2.45) is 7.05 Å². The highest BCUT2D eigenvalue weighted by Gasteiger charge is 2.37. The van der Waals surface area contributed by atoms with Gasteiger partial charge in [-0.05, 0) is 47.5 Å². The summed E-state index contributed by atoms with van der Waals surface area (Å²) >= 11 is 12.3. The fourth-order valence-electron chi connectivity index (χ4n) is 3.86. The van der Waals surface area contributed by atoms with Crippen LogP contribution in [0.2, 0.25) is 10.0 Å². The van der Waals surface area contributed by atoms with Crippen molar-refractivity contribution >= 4 is 34.1 Å². The molecule has 1 unspecified atom stereocenters. The summed E-state index contributed by atoms with van der Waals surface area (Å²) in [5.41, 5.74) is 1.96. The number of rotatable bonds is 4. The summed E-state index contributed by atoms with van der Waals surface area (Å²) in [7, 11) is 1.85. The second kappa shape index (κ2) is 7.54. The highest BCUT2D eigenvalue weighted by Crippen LogP contribution is 2.39. The Hall–Kier alpha value is -3.12. The lowest BCUT2D eigenvalue weighted by atomic mass is 9.83. The number of benzene rings is 3. The minimum absolute atomic E-state index is 0.586. The fraction of sp³-hybridized carbons (Fsp3) is 0.0833. The van der Waals surface area contributed by atoms with Crippen molar-refractivity contribution < 1.29 is 9.63 Å². The first-order chi connectivity index (χ1) is 15.0. The van der Waals surface area contributed by atoms with E-state index >= 15 is 0 Å². The molecule has 5 rings (SSSR count). The van der Waals surface area contributed by atoms with Gasteiger partial charge >= 0.3 is 0 Å². The Morgan fingerprint density at radius 2 is 1.71 bits per heavy atom. The molecule has 154 valence electrons. The quantitative estimate of drug-likeness (QED) is 0.375. The van der Waals surface area contributed by atoms with E-state index in [1.807, 2.05) is 55.6 Å². The molecule has 0 fully saturated rings. The molecule has 0 aliphatic rings. The Labute approximate surface area is 188 Å². The number of aromatic nitrogens is 3. The van der Waals surface area contributed by atoms with Crippen LogP contribution in [0.3, 0.4) is 0 Å². The Morgan fingerprint density at radius 3 is 2.42 bits per heavy atom. The fourth-order valence-corrected chi connectivity index (χ4v) is 4.18. The average molecular weight is 450 g/mol. The van der Waals surface area contributed by atoms with Crippen molar-refractivity contribution in [1.29, 1.82) is 0 Å². The van der Waals surface area contributed by atoms with Crippen LogP contribution < -0.4 is 0 Å². The van der Waals surface area contributed by atoms with Crippen LogP contribution in [0.5, 0.6) is 0 Å². The summed E-state index contributed by atoms with van der Waals surface area (Å²) in [6, 6.07) is 20.1. The normalized spacial score (nSPS) is 13.4. The van der Waals surface area contributed by atoms with Gasteiger partial charge in [-0.3, -0.25) is 0 Å². The maximum atomic E-state index is 12.1. The van der Waals surface area contributed by atoms with Crippen molar-refractivity contribution in [3.8, 4) is 11.3 Å². The molecule has 31 heavy (non-hydrogen) atoms. The van der Waals surface area contributed by atoms with Crippen molar-refractivity contribution in [3.63, 3.8) is 0 Å². The Kier molecular flexibility index (Phi) is 4.82. The first kappa shape index (κ1) is 19.8. The molecular formula is C24H17Cl2N3O2. The Balaban J connectivity index is 1.75. The van der Waals surface area contributed by atoms with Gasteiger partial charge in [-0.2, -0.15) is 0 Å². The summed E-state index contributed by atoms with van der Waals surface area (Å²) in [5.74, 6) is 0.586. The molecule has 0 aliphatic heterocycles. The number of imidazole rings is 1. The summed E-state index contributed by atoms with van der Waals surface area (Å²) in [5, 5.41) is 18.3. The van der Waals surface area contributed by atoms with Crippen LogP contribution in [-0.2, 0) is 12.6 Å². The van der Waals surface area contributed by atoms with Crippen LogP contribution in [0.25, 0.3) is 22.2 Å². The average Bonchev–Trinajstić information content (AvgIpc) is 3.39. The molecule has 2 aromatic heterocycles. The molecule has 0 saturated carbocycles. The maximum absolute atomic E-state index is 12.1. The molecule has 1 atom stereocenters. The maximum Gasteiger partial charge on any atom is 0.174 e. The number of hydrogen-bond donors (Lipinski definition) is 1. The van der Waals surface area contributed by atoms with Crippen molar-refractivity contribution in [1.82, 2.24) is 14.7 Å². The van der Waals surface area contributed by atoms with E-state index in [4.69, 9.17) is 27.7 Å². The first-order valence-corrected chi connectivity index (χ1v) is 10.3. The number of halogens is 2. The van der Waals surface area contributed by atoms with Gasteiger partial charge in [0.1, 0.15) is 5.52 Å². The smallest absolute Gasteiger partial charge is 0.174 e. The highest BCUT2D eigenvalue weighted by molar-refractivity contribution is 6.31. The van der Waals surface area contributed by atoms with E-state index in [-0.39, 0.29) is 0 Å². The molecule has 5 nitrogen and oxygen atoms in total. The van der Waals surface area contributed by atoms with E-state index in [9.17, 15) is 5.11 Å². The third-order valence-corrected chi connectivity index (χ3v) is 5.92. The molecule has 0 aliphatic carbocycles. The Morgan fingerprint density at radius 1 is 0.935 bits per heavy atom. The third kappa shape index (κ3) is 3.31. The lowest BCUT2D eigenvalue weighted by Gasteiger charge is -2.30. The van der Waals surface area contributed by atoms with E-state index in [0.717, 1.165) is 10.9 Å². The lowest BCUT2D eigenvalue weighted by Crippen LogP contribution is -2.31. The number of hydrogen-bond acceptors (Lipinski definition) is 4. The largest absolute Gasteiger partial charge is 0.374 e. The lowest BCUT2D eigenvalue weighted by molar-refractivity contribution is 0.117. The van der Waals surface area contributed by atoms with E-state index < -0.39 is 5.60 Å². The summed E-state index contributed by atoms with van der Waals surface area (Å²) in [6.07, 6.45) is 3.32. The number of fused-ring (bicyclic) bond motifs is 1.